The molecule has 0 aliphatic rings. The van der Waals surface area contributed by atoms with Gasteiger partial charge in [-0.25, -0.2) is 4.79 Å². The van der Waals surface area contributed by atoms with Crippen LogP contribution in [0.5, 0.6) is 0 Å². The van der Waals surface area contributed by atoms with Crippen molar-refractivity contribution >= 4 is 5.97 Å². The number of unbranched alkanes of at least 4 members (excludes halogenated alkanes) is 4. The summed E-state index contributed by atoms with van der Waals surface area (Å²) < 4.78 is 11.0. The maximum absolute atomic E-state index is 12.6. The average molecular weight is 363 g/mol. The lowest BCUT2D eigenvalue weighted by molar-refractivity contribution is 0.00226. The molecule has 0 bridgehead atoms. The molecule has 26 heavy (non-hydrogen) atoms. The number of methoxy groups -OCH3 is 1. The van der Waals surface area contributed by atoms with Crippen molar-refractivity contribution < 1.29 is 14.3 Å². The van der Waals surface area contributed by atoms with E-state index in [0.29, 0.717) is 12.2 Å². The molecule has 1 aromatic carbocycles. The maximum Gasteiger partial charge on any atom is 0.338 e. The number of esters is 1. The second kappa shape index (κ2) is 13.8. The van der Waals surface area contributed by atoms with Crippen LogP contribution in [0, 0.1) is 5.92 Å². The minimum absolute atomic E-state index is 0.156. The summed E-state index contributed by atoms with van der Waals surface area (Å²) in [6.45, 7) is 7.17. The molecule has 0 fully saturated rings. The number of carbonyl (C=O) groups is 1. The van der Waals surface area contributed by atoms with Crippen LogP contribution in [-0.2, 0) is 15.9 Å². The molecule has 1 atom stereocenters. The molecule has 0 heterocycles. The van der Waals surface area contributed by atoms with E-state index in [1.165, 1.54) is 25.7 Å². The van der Waals surface area contributed by atoms with Gasteiger partial charge in [0.05, 0.1) is 12.2 Å². The van der Waals surface area contributed by atoms with Crippen LogP contribution in [0.25, 0.3) is 0 Å². The highest BCUT2D eigenvalue weighted by Gasteiger charge is 2.18. The van der Waals surface area contributed by atoms with E-state index in [4.69, 9.17) is 9.47 Å². The molecule has 1 unspecified atom stereocenters. The topological polar surface area (TPSA) is 35.5 Å². The first kappa shape index (κ1) is 22.7. The van der Waals surface area contributed by atoms with E-state index in [9.17, 15) is 4.79 Å². The van der Waals surface area contributed by atoms with Gasteiger partial charge in [0.25, 0.3) is 0 Å². The smallest absolute Gasteiger partial charge is 0.338 e. The number of rotatable bonds is 14. The van der Waals surface area contributed by atoms with E-state index in [0.717, 1.165) is 43.6 Å². The minimum Gasteiger partial charge on any atom is -0.456 e. The Morgan fingerprint density at radius 2 is 1.69 bits per heavy atom. The summed E-state index contributed by atoms with van der Waals surface area (Å²) in [5.41, 5.74) is 1.79. The summed E-state index contributed by atoms with van der Waals surface area (Å²) in [5.74, 6) is 0.573. The van der Waals surface area contributed by atoms with Crippen molar-refractivity contribution in [2.45, 2.75) is 84.7 Å². The Morgan fingerprint density at radius 1 is 1.00 bits per heavy atom. The highest BCUT2D eigenvalue weighted by atomic mass is 16.6. The molecular weight excluding hydrogens is 324 g/mol. The Labute approximate surface area is 160 Å². The molecule has 0 saturated heterocycles. The van der Waals surface area contributed by atoms with E-state index in [2.05, 4.69) is 20.8 Å². The van der Waals surface area contributed by atoms with Crippen LogP contribution in [0.1, 0.15) is 88.1 Å². The third-order valence-corrected chi connectivity index (χ3v) is 4.72. The Morgan fingerprint density at radius 3 is 2.35 bits per heavy atom. The standard InChI is InChI=1S/C23H38O3/c1-5-6-14-20-15-11-12-17-22(20)23(24)26-21(18-25-4)16-10-8-7-9-13-19(2)3/h11-12,15,17,19,21H,5-10,13-14,16,18H2,1-4H3. The summed E-state index contributed by atoms with van der Waals surface area (Å²) in [6, 6.07) is 7.81. The van der Waals surface area contributed by atoms with Crippen molar-refractivity contribution in [3.05, 3.63) is 35.4 Å². The number of hydrogen-bond donors (Lipinski definition) is 0. The summed E-state index contributed by atoms with van der Waals surface area (Å²) in [7, 11) is 1.67. The van der Waals surface area contributed by atoms with Crippen LogP contribution < -0.4 is 0 Å². The van der Waals surface area contributed by atoms with Crippen LogP contribution >= 0.6 is 0 Å². The van der Waals surface area contributed by atoms with Gasteiger partial charge in [-0.3, -0.25) is 0 Å². The van der Waals surface area contributed by atoms with Crippen LogP contribution in [0.4, 0.5) is 0 Å². The second-order valence-electron chi connectivity index (χ2n) is 7.63. The Bertz CT molecular complexity index is 496. The fraction of sp³-hybridized carbons (Fsp3) is 0.696. The van der Waals surface area contributed by atoms with Crippen molar-refractivity contribution in [3.63, 3.8) is 0 Å². The zero-order valence-electron chi connectivity index (χ0n) is 17.3. The summed E-state index contributed by atoms with van der Waals surface area (Å²) >= 11 is 0. The van der Waals surface area contributed by atoms with E-state index >= 15 is 0 Å². The lowest BCUT2D eigenvalue weighted by Crippen LogP contribution is -2.24. The van der Waals surface area contributed by atoms with Crippen LogP contribution in [0.3, 0.4) is 0 Å². The Kier molecular flexibility index (Phi) is 12.0. The van der Waals surface area contributed by atoms with Crippen molar-refractivity contribution in [1.82, 2.24) is 0 Å². The van der Waals surface area contributed by atoms with Gasteiger partial charge in [-0.1, -0.05) is 71.1 Å². The molecule has 0 aromatic heterocycles. The third-order valence-electron chi connectivity index (χ3n) is 4.72. The SMILES string of the molecule is CCCCc1ccccc1C(=O)OC(CCCCCCC(C)C)COC. The predicted molar refractivity (Wildman–Crippen MR) is 109 cm³/mol. The third kappa shape index (κ3) is 9.38. The van der Waals surface area contributed by atoms with E-state index in [1.807, 2.05) is 24.3 Å². The van der Waals surface area contributed by atoms with Gasteiger partial charge in [0.1, 0.15) is 6.10 Å². The molecular formula is C23H38O3. The van der Waals surface area contributed by atoms with Gasteiger partial charge in [-0.2, -0.15) is 0 Å². The van der Waals surface area contributed by atoms with Gasteiger partial charge in [0, 0.05) is 7.11 Å². The predicted octanol–water partition coefficient (Wildman–Crippen LogP) is 6.20. The number of benzene rings is 1. The van der Waals surface area contributed by atoms with Gasteiger partial charge in [-0.15, -0.1) is 0 Å². The molecule has 0 spiro atoms. The normalized spacial score (nSPS) is 12.3. The fourth-order valence-electron chi connectivity index (χ4n) is 3.16. The van der Waals surface area contributed by atoms with E-state index in [1.54, 1.807) is 7.11 Å². The Hall–Kier alpha value is -1.35. The molecule has 3 nitrogen and oxygen atoms in total. The fourth-order valence-corrected chi connectivity index (χ4v) is 3.16. The second-order valence-corrected chi connectivity index (χ2v) is 7.63. The van der Waals surface area contributed by atoms with Gasteiger partial charge >= 0.3 is 5.97 Å². The average Bonchev–Trinajstić information content (AvgIpc) is 2.62. The molecule has 0 aliphatic carbocycles. The van der Waals surface area contributed by atoms with Gasteiger partial charge in [-0.05, 0) is 43.2 Å². The highest BCUT2D eigenvalue weighted by Crippen LogP contribution is 2.17. The van der Waals surface area contributed by atoms with Crippen molar-refractivity contribution in [2.75, 3.05) is 13.7 Å². The number of aryl methyl sites for hydroxylation is 1. The molecule has 1 rings (SSSR count). The summed E-state index contributed by atoms with van der Waals surface area (Å²) in [5, 5.41) is 0. The summed E-state index contributed by atoms with van der Waals surface area (Å²) in [6.07, 6.45) is 9.96. The van der Waals surface area contributed by atoms with Gasteiger partial charge in [0.2, 0.25) is 0 Å². The van der Waals surface area contributed by atoms with Crippen LogP contribution in [-0.4, -0.2) is 25.8 Å². The van der Waals surface area contributed by atoms with Gasteiger partial charge < -0.3 is 9.47 Å². The maximum atomic E-state index is 12.6. The molecule has 0 saturated carbocycles. The molecule has 0 aliphatic heterocycles. The Balaban J connectivity index is 2.49. The van der Waals surface area contributed by atoms with E-state index in [-0.39, 0.29) is 12.1 Å². The molecule has 3 heteroatoms. The molecule has 0 amide bonds. The molecule has 0 radical (unpaired) electrons. The van der Waals surface area contributed by atoms with E-state index < -0.39 is 0 Å². The largest absolute Gasteiger partial charge is 0.456 e. The zero-order chi connectivity index (χ0) is 19.2. The van der Waals surface area contributed by atoms with Crippen LogP contribution in [0.15, 0.2) is 24.3 Å². The molecule has 0 N–H and O–H groups in total. The quantitative estimate of drug-likeness (QED) is 0.292. The minimum atomic E-state index is -0.210. The lowest BCUT2D eigenvalue weighted by atomic mass is 10.0. The lowest BCUT2D eigenvalue weighted by Gasteiger charge is -2.18. The van der Waals surface area contributed by atoms with Crippen molar-refractivity contribution in [1.29, 1.82) is 0 Å². The molecule has 1 aromatic rings. The number of carbonyl (C=O) groups excluding carboxylic acids is 1. The monoisotopic (exact) mass is 362 g/mol. The van der Waals surface area contributed by atoms with Crippen molar-refractivity contribution in [3.8, 4) is 0 Å². The number of hydrogen-bond acceptors (Lipinski definition) is 3. The first-order valence-corrected chi connectivity index (χ1v) is 10.4. The van der Waals surface area contributed by atoms with Gasteiger partial charge in [0.15, 0.2) is 0 Å². The van der Waals surface area contributed by atoms with Crippen molar-refractivity contribution in [2.24, 2.45) is 5.92 Å². The molecule has 148 valence electrons. The first-order chi connectivity index (χ1) is 12.6. The zero-order valence-corrected chi connectivity index (χ0v) is 17.3. The number of ether oxygens (including phenoxy) is 2. The first-order valence-electron chi connectivity index (χ1n) is 10.4. The summed E-state index contributed by atoms with van der Waals surface area (Å²) in [4.78, 5) is 12.6. The highest BCUT2D eigenvalue weighted by molar-refractivity contribution is 5.91. The van der Waals surface area contributed by atoms with Crippen LogP contribution in [0.2, 0.25) is 0 Å².